The summed E-state index contributed by atoms with van der Waals surface area (Å²) in [6.07, 6.45) is 1.03. The Labute approximate surface area is 247 Å². The van der Waals surface area contributed by atoms with E-state index in [2.05, 4.69) is 5.32 Å². The lowest BCUT2D eigenvalue weighted by atomic mass is 10.1. The van der Waals surface area contributed by atoms with Crippen molar-refractivity contribution < 1.29 is 31.9 Å². The first-order chi connectivity index (χ1) is 20.1. The summed E-state index contributed by atoms with van der Waals surface area (Å²) in [4.78, 5) is 28.5. The summed E-state index contributed by atoms with van der Waals surface area (Å²) in [6, 6.07) is 16.9. The lowest BCUT2D eigenvalue weighted by Crippen LogP contribution is -2.52. The zero-order chi connectivity index (χ0) is 30.7. The minimum absolute atomic E-state index is 0.0641. The Bertz CT molecular complexity index is 1410. The van der Waals surface area contributed by atoms with Crippen molar-refractivity contribution in [2.75, 3.05) is 31.1 Å². The molecule has 0 aliphatic heterocycles. The monoisotopic (exact) mass is 599 g/mol. The molecule has 0 unspecified atom stereocenters. The van der Waals surface area contributed by atoms with E-state index in [0.29, 0.717) is 31.1 Å². The van der Waals surface area contributed by atoms with Crippen LogP contribution in [-0.4, -0.2) is 58.0 Å². The predicted molar refractivity (Wildman–Crippen MR) is 159 cm³/mol. The van der Waals surface area contributed by atoms with Crippen molar-refractivity contribution in [3.05, 3.63) is 84.2 Å². The number of anilines is 1. The maximum absolute atomic E-state index is 14.1. The molecule has 2 amide bonds. The second kappa shape index (κ2) is 15.2. The number of nitrogens with zero attached hydrogens (tertiary/aromatic N) is 2. The van der Waals surface area contributed by atoms with Gasteiger partial charge in [0.05, 0.1) is 24.3 Å². The van der Waals surface area contributed by atoms with Gasteiger partial charge in [0.15, 0.2) is 0 Å². The lowest BCUT2D eigenvalue weighted by molar-refractivity contribution is -0.140. The van der Waals surface area contributed by atoms with Gasteiger partial charge in [0.25, 0.3) is 10.0 Å². The summed E-state index contributed by atoms with van der Waals surface area (Å²) in [7, 11) is -2.76. The number of carbonyl (C=O) groups excluding carboxylic acids is 2. The van der Waals surface area contributed by atoms with Crippen molar-refractivity contribution in [2.45, 2.75) is 51.1 Å². The Morgan fingerprint density at radius 3 is 2.07 bits per heavy atom. The van der Waals surface area contributed by atoms with Crippen LogP contribution in [0.2, 0.25) is 0 Å². The summed E-state index contributed by atoms with van der Waals surface area (Å²) in [5.74, 6) is -0.325. The van der Waals surface area contributed by atoms with Gasteiger partial charge in [-0.1, -0.05) is 26.0 Å². The van der Waals surface area contributed by atoms with Crippen LogP contribution < -0.4 is 19.1 Å². The van der Waals surface area contributed by atoms with E-state index < -0.39 is 34.3 Å². The van der Waals surface area contributed by atoms with Crippen LogP contribution in [0.5, 0.6) is 11.5 Å². The highest BCUT2D eigenvalue weighted by molar-refractivity contribution is 7.92. The number of amides is 2. The second-order valence-electron chi connectivity index (χ2n) is 9.48. The summed E-state index contributed by atoms with van der Waals surface area (Å²) in [6.45, 7) is 5.89. The number of benzene rings is 3. The zero-order valence-corrected chi connectivity index (χ0v) is 25.2. The molecule has 42 heavy (non-hydrogen) atoms. The van der Waals surface area contributed by atoms with Gasteiger partial charge in [0.1, 0.15) is 29.9 Å². The predicted octanol–water partition coefficient (Wildman–Crippen LogP) is 4.76. The van der Waals surface area contributed by atoms with E-state index in [0.717, 1.165) is 40.6 Å². The summed E-state index contributed by atoms with van der Waals surface area (Å²) in [5, 5.41) is 2.85. The molecule has 0 aliphatic carbocycles. The number of rotatable bonds is 15. The van der Waals surface area contributed by atoms with Crippen molar-refractivity contribution >= 4 is 27.5 Å². The third-order valence-corrected chi connectivity index (χ3v) is 8.35. The molecule has 0 aliphatic rings. The molecule has 0 aromatic heterocycles. The van der Waals surface area contributed by atoms with Crippen LogP contribution in [0.25, 0.3) is 0 Å². The Hall–Kier alpha value is -4.12. The standard InChI is InChI=1S/C31H38FN3O6S/c1-5-20-33-31(37)29(6-2)34(21-23-8-14-26(40-4)15-9-23)30(36)22-35(25-12-16-27(17-13-25)41-7-3)42(38,39)28-18-10-24(32)11-19-28/h8-19,29H,5-7,20-22H2,1-4H3,(H,33,37)/t29-/m0/s1. The molecule has 0 saturated heterocycles. The smallest absolute Gasteiger partial charge is 0.264 e. The molecule has 1 atom stereocenters. The lowest BCUT2D eigenvalue weighted by Gasteiger charge is -2.33. The number of halogens is 1. The van der Waals surface area contributed by atoms with E-state index in [1.807, 2.05) is 13.8 Å². The Morgan fingerprint density at radius 2 is 1.52 bits per heavy atom. The number of hydrogen-bond donors (Lipinski definition) is 1. The third-order valence-electron chi connectivity index (χ3n) is 6.56. The molecule has 1 N–H and O–H groups in total. The van der Waals surface area contributed by atoms with E-state index in [9.17, 15) is 22.4 Å². The van der Waals surface area contributed by atoms with E-state index >= 15 is 0 Å². The first kappa shape index (κ1) is 32.4. The highest BCUT2D eigenvalue weighted by atomic mass is 32.2. The number of carbonyl (C=O) groups is 2. The normalized spacial score (nSPS) is 11.8. The maximum Gasteiger partial charge on any atom is 0.264 e. The van der Waals surface area contributed by atoms with Gasteiger partial charge in [0, 0.05) is 13.1 Å². The third kappa shape index (κ3) is 8.22. The highest BCUT2D eigenvalue weighted by Crippen LogP contribution is 2.27. The Morgan fingerprint density at radius 1 is 0.905 bits per heavy atom. The van der Waals surface area contributed by atoms with Crippen LogP contribution >= 0.6 is 0 Å². The van der Waals surface area contributed by atoms with Gasteiger partial charge in [-0.2, -0.15) is 0 Å². The Balaban J connectivity index is 2.04. The average molecular weight is 600 g/mol. The van der Waals surface area contributed by atoms with Crippen LogP contribution in [0.15, 0.2) is 77.7 Å². The van der Waals surface area contributed by atoms with Crippen molar-refractivity contribution in [3.8, 4) is 11.5 Å². The number of sulfonamides is 1. The van der Waals surface area contributed by atoms with Crippen molar-refractivity contribution in [2.24, 2.45) is 0 Å². The van der Waals surface area contributed by atoms with E-state index in [-0.39, 0.29) is 23.0 Å². The SMILES string of the molecule is CCCNC(=O)[C@H](CC)N(Cc1ccc(OC)cc1)C(=O)CN(c1ccc(OCC)cc1)S(=O)(=O)c1ccc(F)cc1. The number of hydrogen-bond acceptors (Lipinski definition) is 6. The molecule has 0 spiro atoms. The highest BCUT2D eigenvalue weighted by Gasteiger charge is 2.33. The van der Waals surface area contributed by atoms with Crippen LogP contribution in [0.1, 0.15) is 39.2 Å². The van der Waals surface area contributed by atoms with Crippen molar-refractivity contribution in [1.29, 1.82) is 0 Å². The molecule has 3 rings (SSSR count). The van der Waals surface area contributed by atoms with Crippen molar-refractivity contribution in [1.82, 2.24) is 10.2 Å². The largest absolute Gasteiger partial charge is 0.497 e. The molecule has 0 saturated carbocycles. The fourth-order valence-electron chi connectivity index (χ4n) is 4.35. The summed E-state index contributed by atoms with van der Waals surface area (Å²) in [5.41, 5.74) is 0.948. The van der Waals surface area contributed by atoms with Crippen LogP contribution in [0.4, 0.5) is 10.1 Å². The Kier molecular flexibility index (Phi) is 11.7. The fraction of sp³-hybridized carbons (Fsp3) is 0.355. The first-order valence-corrected chi connectivity index (χ1v) is 15.3. The topological polar surface area (TPSA) is 105 Å². The minimum Gasteiger partial charge on any atom is -0.497 e. The van der Waals surface area contributed by atoms with E-state index in [1.165, 1.54) is 4.90 Å². The molecular weight excluding hydrogens is 561 g/mol. The van der Waals surface area contributed by atoms with Gasteiger partial charge >= 0.3 is 0 Å². The van der Waals surface area contributed by atoms with Gasteiger partial charge in [-0.15, -0.1) is 0 Å². The molecule has 3 aromatic carbocycles. The molecule has 11 heteroatoms. The van der Waals surface area contributed by atoms with Gasteiger partial charge in [-0.05, 0) is 86.0 Å². The van der Waals surface area contributed by atoms with E-state index in [4.69, 9.17) is 9.47 Å². The number of ether oxygens (including phenoxy) is 2. The minimum atomic E-state index is -4.31. The second-order valence-corrected chi connectivity index (χ2v) is 11.3. The molecule has 9 nitrogen and oxygen atoms in total. The zero-order valence-electron chi connectivity index (χ0n) is 24.4. The van der Waals surface area contributed by atoms with Gasteiger partial charge in [-0.25, -0.2) is 12.8 Å². The molecular formula is C31H38FN3O6S. The van der Waals surface area contributed by atoms with Gasteiger partial charge in [-0.3, -0.25) is 13.9 Å². The number of nitrogens with one attached hydrogen (secondary N) is 1. The molecule has 3 aromatic rings. The summed E-state index contributed by atoms with van der Waals surface area (Å²) < 4.78 is 53.1. The average Bonchev–Trinajstić information content (AvgIpc) is 2.99. The van der Waals surface area contributed by atoms with Crippen molar-refractivity contribution in [3.63, 3.8) is 0 Å². The molecule has 0 heterocycles. The fourth-order valence-corrected chi connectivity index (χ4v) is 5.77. The quantitative estimate of drug-likeness (QED) is 0.270. The molecule has 0 bridgehead atoms. The van der Waals surface area contributed by atoms with Crippen LogP contribution in [0.3, 0.4) is 0 Å². The molecule has 0 radical (unpaired) electrons. The van der Waals surface area contributed by atoms with E-state index in [1.54, 1.807) is 62.6 Å². The van der Waals surface area contributed by atoms with Gasteiger partial charge < -0.3 is 19.7 Å². The molecule has 226 valence electrons. The van der Waals surface area contributed by atoms with Gasteiger partial charge in [0.2, 0.25) is 11.8 Å². The summed E-state index contributed by atoms with van der Waals surface area (Å²) >= 11 is 0. The van der Waals surface area contributed by atoms with Crippen LogP contribution in [-0.2, 0) is 26.2 Å². The maximum atomic E-state index is 14.1. The van der Waals surface area contributed by atoms with Crippen LogP contribution in [0, 0.1) is 5.82 Å². The first-order valence-electron chi connectivity index (χ1n) is 13.9. The number of methoxy groups -OCH3 is 1. The molecule has 0 fully saturated rings.